The summed E-state index contributed by atoms with van der Waals surface area (Å²) >= 11 is 0. The van der Waals surface area contributed by atoms with E-state index in [4.69, 9.17) is 5.11 Å². The van der Waals surface area contributed by atoms with Crippen molar-refractivity contribution in [3.63, 3.8) is 0 Å². The first-order valence-electron chi connectivity index (χ1n) is 5.38. The molecule has 17 heavy (non-hydrogen) atoms. The minimum atomic E-state index is -0.869. The predicted molar refractivity (Wildman–Crippen MR) is 62.8 cm³/mol. The van der Waals surface area contributed by atoms with Gasteiger partial charge in [-0.05, 0) is 17.9 Å². The second-order valence-corrected chi connectivity index (χ2v) is 4.32. The second kappa shape index (κ2) is 5.43. The smallest absolute Gasteiger partial charge is 0.307 e. The van der Waals surface area contributed by atoms with Gasteiger partial charge in [-0.3, -0.25) is 14.9 Å². The molecule has 1 atom stereocenters. The molecule has 0 aliphatic rings. The Kier molecular flexibility index (Phi) is 4.20. The van der Waals surface area contributed by atoms with Crippen LogP contribution in [-0.2, 0) is 11.2 Å². The molecule has 92 valence electrons. The van der Waals surface area contributed by atoms with Gasteiger partial charge in [0.05, 0.1) is 10.8 Å². The van der Waals surface area contributed by atoms with Crippen molar-refractivity contribution in [3.05, 3.63) is 39.9 Å². The molecule has 0 saturated heterocycles. The third-order valence-corrected chi connectivity index (χ3v) is 2.70. The van der Waals surface area contributed by atoms with E-state index in [9.17, 15) is 14.9 Å². The Morgan fingerprint density at radius 1 is 1.47 bits per heavy atom. The summed E-state index contributed by atoms with van der Waals surface area (Å²) in [4.78, 5) is 21.1. The first-order chi connectivity index (χ1) is 7.91. The quantitative estimate of drug-likeness (QED) is 0.630. The number of nitro benzene ring substituents is 1. The van der Waals surface area contributed by atoms with E-state index < -0.39 is 16.8 Å². The Labute approximate surface area is 99.2 Å². The van der Waals surface area contributed by atoms with Crippen molar-refractivity contribution < 1.29 is 14.8 Å². The maximum Gasteiger partial charge on any atom is 0.307 e. The van der Waals surface area contributed by atoms with Crippen molar-refractivity contribution in [2.24, 2.45) is 11.8 Å². The largest absolute Gasteiger partial charge is 0.481 e. The molecule has 0 spiro atoms. The van der Waals surface area contributed by atoms with Gasteiger partial charge in [0.1, 0.15) is 0 Å². The first-order valence-corrected chi connectivity index (χ1v) is 5.38. The van der Waals surface area contributed by atoms with E-state index in [1.54, 1.807) is 12.1 Å². The second-order valence-electron chi connectivity index (χ2n) is 4.32. The van der Waals surface area contributed by atoms with Crippen LogP contribution in [0.25, 0.3) is 0 Å². The Balaban J connectivity index is 2.90. The average Bonchev–Trinajstić information content (AvgIpc) is 2.25. The minimum Gasteiger partial charge on any atom is -0.481 e. The van der Waals surface area contributed by atoms with Gasteiger partial charge in [-0.15, -0.1) is 0 Å². The van der Waals surface area contributed by atoms with E-state index in [-0.39, 0.29) is 11.6 Å². The van der Waals surface area contributed by atoms with E-state index in [0.717, 1.165) is 0 Å². The van der Waals surface area contributed by atoms with Crippen molar-refractivity contribution in [2.45, 2.75) is 20.3 Å². The third kappa shape index (κ3) is 3.55. The van der Waals surface area contributed by atoms with Crippen LogP contribution in [-0.4, -0.2) is 16.0 Å². The lowest BCUT2D eigenvalue weighted by Crippen LogP contribution is -2.22. The number of non-ortho nitro benzene ring substituents is 1. The molecule has 1 unspecified atom stereocenters. The molecule has 0 fully saturated rings. The number of rotatable bonds is 5. The Morgan fingerprint density at radius 3 is 2.59 bits per heavy atom. The molecular formula is C12H15NO4. The summed E-state index contributed by atoms with van der Waals surface area (Å²) in [6, 6.07) is 6.12. The van der Waals surface area contributed by atoms with E-state index in [2.05, 4.69) is 0 Å². The normalized spacial score (nSPS) is 12.4. The molecule has 1 N–H and O–H groups in total. The molecule has 0 saturated carbocycles. The van der Waals surface area contributed by atoms with Crippen LogP contribution in [0.4, 0.5) is 5.69 Å². The van der Waals surface area contributed by atoms with Gasteiger partial charge in [0.25, 0.3) is 5.69 Å². The van der Waals surface area contributed by atoms with Crippen molar-refractivity contribution >= 4 is 11.7 Å². The molecule has 0 bridgehead atoms. The number of nitro groups is 1. The zero-order chi connectivity index (χ0) is 13.0. The standard InChI is InChI=1S/C12H15NO4/c1-8(2)11(12(14)15)7-9-4-3-5-10(6-9)13(16)17/h3-6,8,11H,7H2,1-2H3,(H,14,15). The highest BCUT2D eigenvalue weighted by Gasteiger charge is 2.22. The van der Waals surface area contributed by atoms with Crippen molar-refractivity contribution in [1.29, 1.82) is 0 Å². The Hall–Kier alpha value is -1.91. The maximum absolute atomic E-state index is 11.0. The summed E-state index contributed by atoms with van der Waals surface area (Å²) in [6.07, 6.45) is 0.314. The van der Waals surface area contributed by atoms with E-state index in [0.29, 0.717) is 12.0 Å². The Morgan fingerprint density at radius 2 is 2.12 bits per heavy atom. The van der Waals surface area contributed by atoms with Crippen LogP contribution in [0.2, 0.25) is 0 Å². The number of carboxylic acid groups (broad SMARTS) is 1. The van der Waals surface area contributed by atoms with Gasteiger partial charge >= 0.3 is 5.97 Å². The summed E-state index contributed by atoms with van der Waals surface area (Å²) in [5.74, 6) is -1.39. The van der Waals surface area contributed by atoms with Crippen LogP contribution >= 0.6 is 0 Å². The minimum absolute atomic E-state index is 0.00426. The molecule has 1 rings (SSSR count). The van der Waals surface area contributed by atoms with Crippen molar-refractivity contribution in [2.75, 3.05) is 0 Å². The SMILES string of the molecule is CC(C)C(Cc1cccc([N+](=O)[O-])c1)C(=O)O. The fraction of sp³-hybridized carbons (Fsp3) is 0.417. The monoisotopic (exact) mass is 237 g/mol. The van der Waals surface area contributed by atoms with Gasteiger partial charge in [-0.1, -0.05) is 26.0 Å². The van der Waals surface area contributed by atoms with Crippen LogP contribution in [0.15, 0.2) is 24.3 Å². The van der Waals surface area contributed by atoms with Gasteiger partial charge < -0.3 is 5.11 Å². The van der Waals surface area contributed by atoms with Crippen LogP contribution in [0.5, 0.6) is 0 Å². The van der Waals surface area contributed by atoms with Crippen LogP contribution in [0, 0.1) is 22.0 Å². The summed E-state index contributed by atoms with van der Waals surface area (Å²) in [5, 5.41) is 19.6. The van der Waals surface area contributed by atoms with E-state index >= 15 is 0 Å². The van der Waals surface area contributed by atoms with Gasteiger partial charge in [-0.25, -0.2) is 0 Å². The maximum atomic E-state index is 11.0. The summed E-state index contributed by atoms with van der Waals surface area (Å²) < 4.78 is 0. The number of carboxylic acids is 1. The van der Waals surface area contributed by atoms with Gasteiger partial charge in [0.15, 0.2) is 0 Å². The van der Waals surface area contributed by atoms with Crippen molar-refractivity contribution in [3.8, 4) is 0 Å². The Bertz CT molecular complexity index is 428. The molecule has 0 amide bonds. The van der Waals surface area contributed by atoms with Crippen molar-refractivity contribution in [1.82, 2.24) is 0 Å². The van der Waals surface area contributed by atoms with E-state index in [1.165, 1.54) is 12.1 Å². The molecule has 0 heterocycles. The molecule has 1 aromatic rings. The van der Waals surface area contributed by atoms with E-state index in [1.807, 2.05) is 13.8 Å². The highest BCUT2D eigenvalue weighted by Crippen LogP contribution is 2.20. The lowest BCUT2D eigenvalue weighted by molar-refractivity contribution is -0.384. The molecule has 1 aromatic carbocycles. The molecule has 0 aliphatic carbocycles. The molecule has 0 radical (unpaired) electrons. The summed E-state index contributed by atoms with van der Waals surface area (Å²) in [6.45, 7) is 3.66. The zero-order valence-corrected chi connectivity index (χ0v) is 9.79. The summed E-state index contributed by atoms with van der Waals surface area (Å²) in [7, 11) is 0. The fourth-order valence-corrected chi connectivity index (χ4v) is 1.66. The van der Waals surface area contributed by atoms with Gasteiger partial charge in [0.2, 0.25) is 0 Å². The summed E-state index contributed by atoms with van der Waals surface area (Å²) in [5.41, 5.74) is 0.677. The fourth-order valence-electron chi connectivity index (χ4n) is 1.66. The number of hydrogen-bond donors (Lipinski definition) is 1. The van der Waals surface area contributed by atoms with Gasteiger partial charge in [0, 0.05) is 12.1 Å². The number of aliphatic carboxylic acids is 1. The first kappa shape index (κ1) is 13.2. The topological polar surface area (TPSA) is 80.4 Å². The average molecular weight is 237 g/mol. The lowest BCUT2D eigenvalue weighted by atomic mass is 9.89. The third-order valence-electron chi connectivity index (χ3n) is 2.70. The van der Waals surface area contributed by atoms with Crippen LogP contribution < -0.4 is 0 Å². The lowest BCUT2D eigenvalue weighted by Gasteiger charge is -2.15. The molecule has 0 aliphatic heterocycles. The van der Waals surface area contributed by atoms with Gasteiger partial charge in [-0.2, -0.15) is 0 Å². The number of nitrogens with zero attached hydrogens (tertiary/aromatic N) is 1. The predicted octanol–water partition coefficient (Wildman–Crippen LogP) is 2.49. The molecular weight excluding hydrogens is 222 g/mol. The molecule has 5 nitrogen and oxygen atoms in total. The molecule has 5 heteroatoms. The number of benzene rings is 1. The number of hydrogen-bond acceptors (Lipinski definition) is 3. The highest BCUT2D eigenvalue weighted by molar-refractivity contribution is 5.70. The van der Waals surface area contributed by atoms with Crippen LogP contribution in [0.1, 0.15) is 19.4 Å². The highest BCUT2D eigenvalue weighted by atomic mass is 16.6. The zero-order valence-electron chi connectivity index (χ0n) is 9.79. The number of carbonyl (C=O) groups is 1. The van der Waals surface area contributed by atoms with Crippen LogP contribution in [0.3, 0.4) is 0 Å². The molecule has 0 aromatic heterocycles.